The average Bonchev–Trinajstić information content (AvgIpc) is 2.28. The van der Waals surface area contributed by atoms with E-state index in [9.17, 15) is 0 Å². The van der Waals surface area contributed by atoms with Crippen LogP contribution in [0.3, 0.4) is 0 Å². The van der Waals surface area contributed by atoms with Gasteiger partial charge in [-0.15, -0.1) is 11.8 Å². The van der Waals surface area contributed by atoms with Crippen LogP contribution in [0.15, 0.2) is 28.5 Å². The molecule has 0 saturated heterocycles. The van der Waals surface area contributed by atoms with E-state index in [1.165, 1.54) is 0 Å². The Balaban J connectivity index is 2.72. The Labute approximate surface area is 99.9 Å². The molecule has 0 aliphatic heterocycles. The monoisotopic (exact) mass is 239 g/mol. The van der Waals surface area contributed by atoms with Crippen LogP contribution in [0, 0.1) is 5.92 Å². The minimum Gasteiger partial charge on any atom is -0.409 e. The molecule has 1 heterocycles. The number of rotatable bonds is 5. The summed E-state index contributed by atoms with van der Waals surface area (Å²) in [5.74, 6) is 1.82. The van der Waals surface area contributed by atoms with Crippen LogP contribution < -0.4 is 5.73 Å². The molecule has 88 valence electrons. The highest BCUT2D eigenvalue weighted by Crippen LogP contribution is 2.23. The van der Waals surface area contributed by atoms with Crippen molar-refractivity contribution in [3.63, 3.8) is 0 Å². The number of nitrogens with zero attached hydrogens (tertiary/aromatic N) is 2. The zero-order chi connectivity index (χ0) is 12.0. The van der Waals surface area contributed by atoms with Crippen LogP contribution in [0.25, 0.3) is 0 Å². The van der Waals surface area contributed by atoms with Crippen molar-refractivity contribution in [3.05, 3.63) is 24.0 Å². The molecule has 4 nitrogen and oxygen atoms in total. The Morgan fingerprint density at radius 2 is 2.38 bits per heavy atom. The molecule has 0 amide bonds. The average molecular weight is 239 g/mol. The molecular formula is C11H17N3OS. The van der Waals surface area contributed by atoms with Crippen molar-refractivity contribution in [3.8, 4) is 0 Å². The van der Waals surface area contributed by atoms with E-state index in [1.807, 2.05) is 0 Å². The van der Waals surface area contributed by atoms with Crippen LogP contribution >= 0.6 is 11.8 Å². The van der Waals surface area contributed by atoms with Crippen LogP contribution in [-0.4, -0.2) is 21.8 Å². The normalized spacial score (nSPS) is 12.1. The number of pyridine rings is 1. The van der Waals surface area contributed by atoms with E-state index in [2.05, 4.69) is 24.0 Å². The van der Waals surface area contributed by atoms with E-state index >= 15 is 0 Å². The number of hydrogen-bond donors (Lipinski definition) is 2. The quantitative estimate of drug-likeness (QED) is 0.272. The first-order valence-electron chi connectivity index (χ1n) is 5.20. The molecule has 16 heavy (non-hydrogen) atoms. The largest absolute Gasteiger partial charge is 0.409 e. The molecule has 0 saturated carbocycles. The van der Waals surface area contributed by atoms with Gasteiger partial charge in [0.15, 0.2) is 5.84 Å². The number of aromatic nitrogens is 1. The van der Waals surface area contributed by atoms with Crippen molar-refractivity contribution in [1.82, 2.24) is 4.98 Å². The minimum atomic E-state index is 0.134. The van der Waals surface area contributed by atoms with Gasteiger partial charge in [-0.3, -0.25) is 4.98 Å². The number of hydrogen-bond acceptors (Lipinski definition) is 4. The van der Waals surface area contributed by atoms with Crippen molar-refractivity contribution in [1.29, 1.82) is 0 Å². The maximum Gasteiger partial charge on any atom is 0.171 e. The minimum absolute atomic E-state index is 0.134. The van der Waals surface area contributed by atoms with E-state index in [-0.39, 0.29) is 5.84 Å². The molecule has 0 radical (unpaired) electrons. The summed E-state index contributed by atoms with van der Waals surface area (Å²) in [6.07, 6.45) is 4.52. The molecule has 0 aliphatic carbocycles. The molecule has 0 unspecified atom stereocenters. The number of thioether (sulfide) groups is 1. The maximum absolute atomic E-state index is 8.66. The predicted octanol–water partition coefficient (Wildman–Crippen LogP) is 2.31. The van der Waals surface area contributed by atoms with Gasteiger partial charge in [-0.2, -0.15) is 0 Å². The highest BCUT2D eigenvalue weighted by atomic mass is 32.2. The van der Waals surface area contributed by atoms with Crippen molar-refractivity contribution in [2.24, 2.45) is 16.8 Å². The Morgan fingerprint density at radius 1 is 1.62 bits per heavy atom. The molecule has 1 aromatic rings. The summed E-state index contributed by atoms with van der Waals surface area (Å²) < 4.78 is 0. The molecule has 1 rings (SSSR count). The molecular weight excluding hydrogens is 222 g/mol. The molecule has 0 bridgehead atoms. The van der Waals surface area contributed by atoms with Gasteiger partial charge in [0.05, 0.1) is 0 Å². The Hall–Kier alpha value is -1.23. The molecule has 0 atom stereocenters. The Bertz CT molecular complexity index is 366. The third-order valence-corrected chi connectivity index (χ3v) is 3.20. The second-order valence-corrected chi connectivity index (χ2v) is 5.02. The Kier molecular flexibility index (Phi) is 5.11. The van der Waals surface area contributed by atoms with Crippen LogP contribution in [0.1, 0.15) is 25.8 Å². The fraction of sp³-hybridized carbons (Fsp3) is 0.455. The number of amidine groups is 1. The van der Waals surface area contributed by atoms with E-state index < -0.39 is 0 Å². The summed E-state index contributed by atoms with van der Waals surface area (Å²) in [7, 11) is 0. The van der Waals surface area contributed by atoms with Gasteiger partial charge in [0.2, 0.25) is 0 Å². The Morgan fingerprint density at radius 3 is 3.00 bits per heavy atom. The van der Waals surface area contributed by atoms with E-state index in [4.69, 9.17) is 10.9 Å². The maximum atomic E-state index is 8.66. The van der Waals surface area contributed by atoms with Crippen molar-refractivity contribution in [2.45, 2.75) is 25.2 Å². The third kappa shape index (κ3) is 3.73. The molecule has 3 N–H and O–H groups in total. The van der Waals surface area contributed by atoms with Gasteiger partial charge in [0.1, 0.15) is 0 Å². The lowest BCUT2D eigenvalue weighted by Crippen LogP contribution is -2.14. The first-order chi connectivity index (χ1) is 7.65. The third-order valence-electron chi connectivity index (χ3n) is 2.12. The summed E-state index contributed by atoms with van der Waals surface area (Å²) >= 11 is 1.68. The molecule has 0 spiro atoms. The van der Waals surface area contributed by atoms with E-state index in [0.29, 0.717) is 5.92 Å². The van der Waals surface area contributed by atoms with E-state index in [1.54, 1.807) is 30.2 Å². The van der Waals surface area contributed by atoms with E-state index in [0.717, 1.165) is 22.6 Å². The van der Waals surface area contributed by atoms with Crippen LogP contribution in [-0.2, 0) is 0 Å². The zero-order valence-corrected chi connectivity index (χ0v) is 10.4. The standard InChI is InChI=1S/C11H17N3OS/c1-8(2)4-6-16-10-7-13-5-3-9(10)11(12)14-15/h3,5,7-8,15H,4,6H2,1-2H3,(H2,12,14). The lowest BCUT2D eigenvalue weighted by molar-refractivity contribution is 0.318. The predicted molar refractivity (Wildman–Crippen MR) is 66.9 cm³/mol. The topological polar surface area (TPSA) is 71.5 Å². The fourth-order valence-corrected chi connectivity index (χ4v) is 2.44. The number of oxime groups is 1. The lowest BCUT2D eigenvalue weighted by Gasteiger charge is -2.08. The van der Waals surface area contributed by atoms with Gasteiger partial charge < -0.3 is 10.9 Å². The summed E-state index contributed by atoms with van der Waals surface area (Å²) in [6, 6.07) is 1.76. The SMILES string of the molecule is CC(C)CCSc1cnccc1/C(N)=N/O. The van der Waals surface area contributed by atoms with Gasteiger partial charge >= 0.3 is 0 Å². The van der Waals surface area contributed by atoms with Crippen molar-refractivity contribution >= 4 is 17.6 Å². The van der Waals surface area contributed by atoms with Crippen LogP contribution in [0.5, 0.6) is 0 Å². The van der Waals surface area contributed by atoms with Gasteiger partial charge in [-0.05, 0) is 24.2 Å². The second kappa shape index (κ2) is 6.37. The molecule has 0 aromatic carbocycles. The summed E-state index contributed by atoms with van der Waals surface area (Å²) in [5, 5.41) is 11.7. The van der Waals surface area contributed by atoms with Crippen LogP contribution in [0.2, 0.25) is 0 Å². The van der Waals surface area contributed by atoms with Crippen molar-refractivity contribution in [2.75, 3.05) is 5.75 Å². The first kappa shape index (κ1) is 12.8. The second-order valence-electron chi connectivity index (χ2n) is 3.89. The highest BCUT2D eigenvalue weighted by molar-refractivity contribution is 7.99. The van der Waals surface area contributed by atoms with Crippen molar-refractivity contribution < 1.29 is 5.21 Å². The number of nitrogens with two attached hydrogens (primary N) is 1. The highest BCUT2D eigenvalue weighted by Gasteiger charge is 2.07. The zero-order valence-electron chi connectivity index (χ0n) is 9.55. The summed E-state index contributed by atoms with van der Waals surface area (Å²) in [6.45, 7) is 4.38. The molecule has 5 heteroatoms. The van der Waals surface area contributed by atoms with Gasteiger partial charge in [-0.1, -0.05) is 19.0 Å². The summed E-state index contributed by atoms with van der Waals surface area (Å²) in [5.41, 5.74) is 6.33. The van der Waals surface area contributed by atoms with Gasteiger partial charge in [0.25, 0.3) is 0 Å². The van der Waals surface area contributed by atoms with Crippen LogP contribution in [0.4, 0.5) is 0 Å². The summed E-state index contributed by atoms with van der Waals surface area (Å²) in [4.78, 5) is 5.00. The first-order valence-corrected chi connectivity index (χ1v) is 6.18. The van der Waals surface area contributed by atoms with Gasteiger partial charge in [0, 0.05) is 22.9 Å². The molecule has 1 aromatic heterocycles. The van der Waals surface area contributed by atoms with Gasteiger partial charge in [-0.25, -0.2) is 0 Å². The molecule has 0 aliphatic rings. The lowest BCUT2D eigenvalue weighted by atomic mass is 10.2. The smallest absolute Gasteiger partial charge is 0.171 e. The fourth-order valence-electron chi connectivity index (χ4n) is 1.17. The molecule has 0 fully saturated rings.